The van der Waals surface area contributed by atoms with Gasteiger partial charge in [-0.2, -0.15) is 0 Å². The van der Waals surface area contributed by atoms with Crippen molar-refractivity contribution >= 4 is 41.3 Å². The summed E-state index contributed by atoms with van der Waals surface area (Å²) in [6.07, 6.45) is -0.124. The molecule has 1 atom stereocenters. The van der Waals surface area contributed by atoms with Gasteiger partial charge < -0.3 is 15.4 Å². The molecule has 0 saturated heterocycles. The van der Waals surface area contributed by atoms with Crippen LogP contribution in [0.5, 0.6) is 5.75 Å². The Labute approximate surface area is 169 Å². The van der Waals surface area contributed by atoms with Gasteiger partial charge in [-0.3, -0.25) is 0 Å². The van der Waals surface area contributed by atoms with Gasteiger partial charge in [-0.1, -0.05) is 6.07 Å². The molecular weight excluding hydrogens is 454 g/mol. The van der Waals surface area contributed by atoms with Gasteiger partial charge in [0, 0.05) is 17.5 Å². The van der Waals surface area contributed by atoms with Crippen molar-refractivity contribution in [2.45, 2.75) is 33.4 Å². The van der Waals surface area contributed by atoms with Gasteiger partial charge in [0.1, 0.15) is 17.7 Å². The third-order valence-electron chi connectivity index (χ3n) is 3.26. The van der Waals surface area contributed by atoms with E-state index in [1.807, 2.05) is 26.3 Å². The van der Waals surface area contributed by atoms with Gasteiger partial charge in [0.2, 0.25) is 0 Å². The van der Waals surface area contributed by atoms with E-state index < -0.39 is 0 Å². The summed E-state index contributed by atoms with van der Waals surface area (Å²) in [6, 6.07) is 6.15. The van der Waals surface area contributed by atoms with Crippen LogP contribution in [0, 0.1) is 12.7 Å². The molecule has 0 aliphatic rings. The summed E-state index contributed by atoms with van der Waals surface area (Å²) in [5, 5.41) is 6.44. The molecule has 0 amide bonds. The van der Waals surface area contributed by atoms with Crippen molar-refractivity contribution in [2.24, 2.45) is 4.99 Å². The Morgan fingerprint density at radius 1 is 1.40 bits per heavy atom. The average Bonchev–Trinajstić information content (AvgIpc) is 2.95. The van der Waals surface area contributed by atoms with E-state index in [-0.39, 0.29) is 35.9 Å². The zero-order valence-electron chi connectivity index (χ0n) is 14.6. The van der Waals surface area contributed by atoms with Crippen molar-refractivity contribution in [1.29, 1.82) is 0 Å². The van der Waals surface area contributed by atoms with Gasteiger partial charge in [0.15, 0.2) is 5.96 Å². The third kappa shape index (κ3) is 7.55. The first-order chi connectivity index (χ1) is 11.6. The first kappa shape index (κ1) is 21.6. The molecule has 2 N–H and O–H groups in total. The predicted octanol–water partition coefficient (Wildman–Crippen LogP) is 3.73. The Balaban J connectivity index is 0.00000312. The SMILES string of the molecule is CCNC(=NCc1scnc1C)NCC(C)Oc1cccc(F)c1.I. The van der Waals surface area contributed by atoms with E-state index in [1.54, 1.807) is 23.5 Å². The molecule has 1 heterocycles. The van der Waals surface area contributed by atoms with Crippen LogP contribution in [0.2, 0.25) is 0 Å². The number of guanidine groups is 1. The number of ether oxygens (including phenoxy) is 1. The molecule has 5 nitrogen and oxygen atoms in total. The Hall–Kier alpha value is -1.42. The maximum absolute atomic E-state index is 13.2. The molecule has 2 aromatic rings. The van der Waals surface area contributed by atoms with Gasteiger partial charge in [-0.25, -0.2) is 14.4 Å². The third-order valence-corrected chi connectivity index (χ3v) is 4.18. The lowest BCUT2D eigenvalue weighted by Gasteiger charge is -2.17. The number of rotatable bonds is 7. The molecule has 0 spiro atoms. The molecule has 25 heavy (non-hydrogen) atoms. The molecule has 2 rings (SSSR count). The molecule has 1 unspecified atom stereocenters. The number of aliphatic imine (C=N–C) groups is 1. The van der Waals surface area contributed by atoms with Gasteiger partial charge in [-0.15, -0.1) is 35.3 Å². The zero-order valence-corrected chi connectivity index (χ0v) is 17.7. The molecule has 0 fully saturated rings. The number of hydrogen-bond acceptors (Lipinski definition) is 4. The van der Waals surface area contributed by atoms with E-state index in [1.165, 1.54) is 12.1 Å². The quantitative estimate of drug-likeness (QED) is 0.362. The van der Waals surface area contributed by atoms with Crippen molar-refractivity contribution in [3.63, 3.8) is 0 Å². The van der Waals surface area contributed by atoms with Crippen molar-refractivity contribution in [3.05, 3.63) is 46.2 Å². The van der Waals surface area contributed by atoms with Gasteiger partial charge in [0.05, 0.1) is 24.3 Å². The van der Waals surface area contributed by atoms with Crippen LogP contribution < -0.4 is 15.4 Å². The van der Waals surface area contributed by atoms with E-state index in [9.17, 15) is 4.39 Å². The second kappa shape index (κ2) is 11.2. The molecule has 0 bridgehead atoms. The Morgan fingerprint density at radius 2 is 2.20 bits per heavy atom. The van der Waals surface area contributed by atoms with Gasteiger partial charge >= 0.3 is 0 Å². The highest BCUT2D eigenvalue weighted by Crippen LogP contribution is 2.14. The minimum Gasteiger partial charge on any atom is -0.489 e. The molecule has 0 aliphatic heterocycles. The summed E-state index contributed by atoms with van der Waals surface area (Å²) < 4.78 is 18.9. The molecule has 1 aromatic carbocycles. The van der Waals surface area contributed by atoms with E-state index in [0.29, 0.717) is 18.8 Å². The number of aryl methyl sites for hydroxylation is 1. The fourth-order valence-corrected chi connectivity index (χ4v) is 2.73. The van der Waals surface area contributed by atoms with Crippen LogP contribution in [0.3, 0.4) is 0 Å². The van der Waals surface area contributed by atoms with Gasteiger partial charge in [0.25, 0.3) is 0 Å². The normalized spacial score (nSPS) is 12.2. The molecular formula is C17H24FIN4OS. The second-order valence-corrected chi connectivity index (χ2v) is 6.26. The lowest BCUT2D eigenvalue weighted by Crippen LogP contribution is -2.41. The number of aromatic nitrogens is 1. The maximum atomic E-state index is 13.2. The molecule has 0 saturated carbocycles. The van der Waals surface area contributed by atoms with Crippen LogP contribution in [-0.2, 0) is 6.54 Å². The number of nitrogens with one attached hydrogen (secondary N) is 2. The lowest BCUT2D eigenvalue weighted by atomic mass is 10.3. The van der Waals surface area contributed by atoms with Crippen LogP contribution >= 0.6 is 35.3 Å². The highest BCUT2D eigenvalue weighted by Gasteiger charge is 2.07. The Bertz CT molecular complexity index is 680. The van der Waals surface area contributed by atoms with E-state index in [4.69, 9.17) is 4.74 Å². The topological polar surface area (TPSA) is 58.5 Å². The largest absolute Gasteiger partial charge is 0.489 e. The first-order valence-electron chi connectivity index (χ1n) is 7.92. The standard InChI is InChI=1S/C17H23FN4OS.HI/c1-4-19-17(21-10-16-13(3)22-11-24-16)20-9-12(2)23-15-7-5-6-14(18)8-15;/h5-8,11-12H,4,9-10H2,1-3H3,(H2,19,20,21);1H. The fraction of sp³-hybridized carbons (Fsp3) is 0.412. The summed E-state index contributed by atoms with van der Waals surface area (Å²) >= 11 is 1.60. The minimum atomic E-state index is -0.303. The lowest BCUT2D eigenvalue weighted by molar-refractivity contribution is 0.223. The van der Waals surface area contributed by atoms with Crippen LogP contribution in [0.1, 0.15) is 24.4 Å². The van der Waals surface area contributed by atoms with Crippen molar-refractivity contribution in [3.8, 4) is 5.75 Å². The zero-order chi connectivity index (χ0) is 17.4. The number of benzene rings is 1. The summed E-state index contributed by atoms with van der Waals surface area (Å²) in [6.45, 7) is 7.84. The summed E-state index contributed by atoms with van der Waals surface area (Å²) in [5.41, 5.74) is 2.84. The summed E-state index contributed by atoms with van der Waals surface area (Å²) in [4.78, 5) is 9.94. The van der Waals surface area contributed by atoms with Gasteiger partial charge in [-0.05, 0) is 32.9 Å². The van der Waals surface area contributed by atoms with Crippen molar-refractivity contribution < 1.29 is 9.13 Å². The number of halogens is 2. The highest BCUT2D eigenvalue weighted by molar-refractivity contribution is 14.0. The monoisotopic (exact) mass is 478 g/mol. The van der Waals surface area contributed by atoms with Crippen LogP contribution in [0.4, 0.5) is 4.39 Å². The number of hydrogen-bond donors (Lipinski definition) is 2. The van der Waals surface area contributed by atoms with Crippen LogP contribution in [0.15, 0.2) is 34.8 Å². The molecule has 138 valence electrons. The van der Waals surface area contributed by atoms with E-state index >= 15 is 0 Å². The fourth-order valence-electron chi connectivity index (χ4n) is 2.03. The molecule has 1 aromatic heterocycles. The molecule has 0 aliphatic carbocycles. The minimum absolute atomic E-state index is 0. The molecule has 8 heteroatoms. The van der Waals surface area contributed by atoms with Crippen molar-refractivity contribution in [2.75, 3.05) is 13.1 Å². The number of thiazole rings is 1. The molecule has 0 radical (unpaired) electrons. The maximum Gasteiger partial charge on any atom is 0.191 e. The highest BCUT2D eigenvalue weighted by atomic mass is 127. The van der Waals surface area contributed by atoms with Crippen LogP contribution in [0.25, 0.3) is 0 Å². The van der Waals surface area contributed by atoms with Crippen LogP contribution in [-0.4, -0.2) is 30.1 Å². The van der Waals surface area contributed by atoms with Crippen molar-refractivity contribution in [1.82, 2.24) is 15.6 Å². The Morgan fingerprint density at radius 3 is 2.84 bits per heavy atom. The Kier molecular flexibility index (Phi) is 9.73. The smallest absolute Gasteiger partial charge is 0.191 e. The van der Waals surface area contributed by atoms with E-state index in [0.717, 1.165) is 23.1 Å². The van der Waals surface area contributed by atoms with E-state index in [2.05, 4.69) is 20.6 Å². The number of nitrogens with zero attached hydrogens (tertiary/aromatic N) is 2. The second-order valence-electron chi connectivity index (χ2n) is 5.32. The first-order valence-corrected chi connectivity index (χ1v) is 8.79. The average molecular weight is 478 g/mol. The summed E-state index contributed by atoms with van der Waals surface area (Å²) in [7, 11) is 0. The predicted molar refractivity (Wildman–Crippen MR) is 112 cm³/mol. The summed E-state index contributed by atoms with van der Waals surface area (Å²) in [5.74, 6) is 0.939.